The van der Waals surface area contributed by atoms with Crippen LogP contribution in [0.2, 0.25) is 0 Å². The van der Waals surface area contributed by atoms with Gasteiger partial charge in [-0.15, -0.1) is 0 Å². The molecule has 24 heavy (non-hydrogen) atoms. The third-order valence-corrected chi connectivity index (χ3v) is 3.90. The highest BCUT2D eigenvalue weighted by atomic mass is 79.9. The smallest absolute Gasteiger partial charge is 0.282 e. The maximum Gasteiger partial charge on any atom is 0.282 e. The van der Waals surface area contributed by atoms with Gasteiger partial charge in [-0.3, -0.25) is 14.0 Å². The molecule has 2 heterocycles. The zero-order valence-corrected chi connectivity index (χ0v) is 14.0. The highest BCUT2D eigenvalue weighted by Gasteiger charge is 2.23. The van der Waals surface area contributed by atoms with Gasteiger partial charge < -0.3 is 5.32 Å². The van der Waals surface area contributed by atoms with Crippen molar-refractivity contribution in [2.75, 3.05) is 5.32 Å². The summed E-state index contributed by atoms with van der Waals surface area (Å²) in [4.78, 5) is 16.4. The van der Waals surface area contributed by atoms with Crippen molar-refractivity contribution in [1.82, 2.24) is 19.3 Å². The molecule has 0 unspecified atom stereocenters. The van der Waals surface area contributed by atoms with Crippen molar-refractivity contribution in [3.63, 3.8) is 0 Å². The van der Waals surface area contributed by atoms with E-state index in [9.17, 15) is 13.6 Å². The standard InChI is InChI=1S/C15H12BrF2N5O/c1-22-7-9(13(21-22)14(17)18)15(24)20-10-4-2-3-5-11(10)23-8-19-6-12(23)16/h2-8,14H,1H3,(H,20,24). The summed E-state index contributed by atoms with van der Waals surface area (Å²) in [6.45, 7) is 0. The van der Waals surface area contributed by atoms with Crippen molar-refractivity contribution in [2.45, 2.75) is 6.43 Å². The number of hydrogen-bond acceptors (Lipinski definition) is 3. The fourth-order valence-corrected chi connectivity index (χ4v) is 2.68. The number of nitrogens with one attached hydrogen (secondary N) is 1. The number of hydrogen-bond donors (Lipinski definition) is 1. The second-order valence-electron chi connectivity index (χ2n) is 4.96. The Morgan fingerprint density at radius 1 is 1.33 bits per heavy atom. The first-order chi connectivity index (χ1) is 11.5. The van der Waals surface area contributed by atoms with Crippen molar-refractivity contribution in [3.05, 3.63) is 58.8 Å². The Morgan fingerprint density at radius 2 is 2.08 bits per heavy atom. The third kappa shape index (κ3) is 3.07. The summed E-state index contributed by atoms with van der Waals surface area (Å²) in [6.07, 6.45) is 1.62. The second kappa shape index (κ2) is 6.52. The summed E-state index contributed by atoms with van der Waals surface area (Å²) >= 11 is 3.36. The van der Waals surface area contributed by atoms with Crippen molar-refractivity contribution in [2.24, 2.45) is 7.05 Å². The molecule has 0 atom stereocenters. The lowest BCUT2D eigenvalue weighted by Crippen LogP contribution is -2.15. The molecule has 0 fully saturated rings. The number of para-hydroxylation sites is 2. The van der Waals surface area contributed by atoms with Gasteiger partial charge in [-0.05, 0) is 28.1 Å². The van der Waals surface area contributed by atoms with Crippen LogP contribution in [0.4, 0.5) is 14.5 Å². The average molecular weight is 396 g/mol. The zero-order valence-electron chi connectivity index (χ0n) is 12.4. The van der Waals surface area contributed by atoms with Gasteiger partial charge in [-0.25, -0.2) is 13.8 Å². The van der Waals surface area contributed by atoms with Crippen LogP contribution >= 0.6 is 15.9 Å². The molecule has 124 valence electrons. The van der Waals surface area contributed by atoms with Gasteiger partial charge in [0.25, 0.3) is 12.3 Å². The molecule has 0 aliphatic carbocycles. The molecule has 0 saturated heterocycles. The molecule has 0 aliphatic heterocycles. The lowest BCUT2D eigenvalue weighted by Gasteiger charge is -2.12. The van der Waals surface area contributed by atoms with Crippen LogP contribution in [-0.2, 0) is 7.05 Å². The summed E-state index contributed by atoms with van der Waals surface area (Å²) in [6, 6.07) is 6.99. The largest absolute Gasteiger partial charge is 0.320 e. The fraction of sp³-hybridized carbons (Fsp3) is 0.133. The molecular formula is C15H12BrF2N5O. The number of imidazole rings is 1. The predicted octanol–water partition coefficient (Wildman–Crippen LogP) is 3.56. The summed E-state index contributed by atoms with van der Waals surface area (Å²) in [7, 11) is 1.49. The molecule has 0 bridgehead atoms. The predicted molar refractivity (Wildman–Crippen MR) is 87.4 cm³/mol. The van der Waals surface area contributed by atoms with E-state index in [0.29, 0.717) is 16.0 Å². The monoisotopic (exact) mass is 395 g/mol. The first-order valence-electron chi connectivity index (χ1n) is 6.87. The van der Waals surface area contributed by atoms with Crippen LogP contribution in [0, 0.1) is 0 Å². The Hall–Kier alpha value is -2.55. The molecule has 0 aliphatic rings. The molecule has 0 saturated carbocycles. The topological polar surface area (TPSA) is 64.7 Å². The minimum Gasteiger partial charge on any atom is -0.320 e. The molecule has 1 amide bonds. The SMILES string of the molecule is Cn1cc(C(=O)Nc2ccccc2-n2cncc2Br)c(C(F)F)n1. The number of benzene rings is 1. The number of alkyl halides is 2. The van der Waals surface area contributed by atoms with Gasteiger partial charge in [0.15, 0.2) is 0 Å². The fourth-order valence-electron chi connectivity index (χ4n) is 2.28. The van der Waals surface area contributed by atoms with E-state index in [1.54, 1.807) is 41.4 Å². The van der Waals surface area contributed by atoms with Crippen molar-refractivity contribution in [3.8, 4) is 5.69 Å². The van der Waals surface area contributed by atoms with E-state index < -0.39 is 18.0 Å². The molecule has 6 nitrogen and oxygen atoms in total. The Kier molecular flexibility index (Phi) is 4.43. The van der Waals surface area contributed by atoms with Gasteiger partial charge in [0.2, 0.25) is 0 Å². The van der Waals surface area contributed by atoms with E-state index in [2.05, 4.69) is 31.3 Å². The van der Waals surface area contributed by atoms with Crippen molar-refractivity contribution >= 4 is 27.5 Å². The van der Waals surface area contributed by atoms with Crippen molar-refractivity contribution in [1.29, 1.82) is 0 Å². The van der Waals surface area contributed by atoms with Gasteiger partial charge in [0.1, 0.15) is 16.6 Å². The number of amides is 1. The highest BCUT2D eigenvalue weighted by Crippen LogP contribution is 2.26. The van der Waals surface area contributed by atoms with Crippen LogP contribution in [-0.4, -0.2) is 25.2 Å². The number of carbonyl (C=O) groups is 1. The maximum absolute atomic E-state index is 13.0. The van der Waals surface area contributed by atoms with E-state index in [4.69, 9.17) is 0 Å². The number of aryl methyl sites for hydroxylation is 1. The first kappa shape index (κ1) is 16.3. The molecule has 3 aromatic rings. The number of halogens is 3. The van der Waals surface area contributed by atoms with Crippen LogP contribution < -0.4 is 5.32 Å². The Balaban J connectivity index is 1.95. The van der Waals surface area contributed by atoms with E-state index in [1.807, 2.05) is 0 Å². The van der Waals surface area contributed by atoms with Crippen molar-refractivity contribution < 1.29 is 13.6 Å². The Labute approximate surface area is 144 Å². The second-order valence-corrected chi connectivity index (χ2v) is 5.77. The van der Waals surface area contributed by atoms with Crippen LogP contribution in [0.25, 0.3) is 5.69 Å². The quantitative estimate of drug-likeness (QED) is 0.734. The van der Waals surface area contributed by atoms with Gasteiger partial charge in [-0.2, -0.15) is 5.10 Å². The van der Waals surface area contributed by atoms with E-state index in [1.165, 1.54) is 17.9 Å². The molecule has 3 rings (SSSR count). The lowest BCUT2D eigenvalue weighted by atomic mass is 10.2. The van der Waals surface area contributed by atoms with Crippen LogP contribution in [0.3, 0.4) is 0 Å². The maximum atomic E-state index is 13.0. The van der Waals surface area contributed by atoms with Crippen LogP contribution in [0.1, 0.15) is 22.5 Å². The Bertz CT molecular complexity index is 890. The van der Waals surface area contributed by atoms with E-state index >= 15 is 0 Å². The molecule has 0 radical (unpaired) electrons. The van der Waals surface area contributed by atoms with Gasteiger partial charge in [0, 0.05) is 13.2 Å². The summed E-state index contributed by atoms with van der Waals surface area (Å²) in [5.41, 5.74) is 0.409. The molecule has 9 heteroatoms. The Morgan fingerprint density at radius 3 is 2.75 bits per heavy atom. The molecule has 0 spiro atoms. The van der Waals surface area contributed by atoms with Gasteiger partial charge in [-0.1, -0.05) is 12.1 Å². The molecular weight excluding hydrogens is 384 g/mol. The highest BCUT2D eigenvalue weighted by molar-refractivity contribution is 9.10. The van der Waals surface area contributed by atoms with Crippen LogP contribution in [0.15, 0.2) is 47.6 Å². The number of nitrogens with zero attached hydrogens (tertiary/aromatic N) is 4. The number of aromatic nitrogens is 4. The normalized spacial score (nSPS) is 11.0. The average Bonchev–Trinajstić information content (AvgIpc) is 3.14. The molecule has 1 aromatic carbocycles. The number of rotatable bonds is 4. The minimum absolute atomic E-state index is 0.160. The first-order valence-corrected chi connectivity index (χ1v) is 7.67. The summed E-state index contributed by atoms with van der Waals surface area (Å²) in [5, 5.41) is 6.30. The molecule has 2 aromatic heterocycles. The molecule has 1 N–H and O–H groups in total. The van der Waals surface area contributed by atoms with Crippen LogP contribution in [0.5, 0.6) is 0 Å². The van der Waals surface area contributed by atoms with E-state index in [-0.39, 0.29) is 5.56 Å². The zero-order chi connectivity index (χ0) is 17.3. The number of anilines is 1. The summed E-state index contributed by atoms with van der Waals surface area (Å²) in [5.74, 6) is -0.651. The minimum atomic E-state index is -2.83. The van der Waals surface area contributed by atoms with Gasteiger partial charge in [0.05, 0.1) is 23.1 Å². The lowest BCUT2D eigenvalue weighted by molar-refractivity contribution is 0.101. The van der Waals surface area contributed by atoms with Gasteiger partial charge >= 0.3 is 0 Å². The number of carbonyl (C=O) groups excluding carboxylic acids is 1. The van der Waals surface area contributed by atoms with E-state index in [0.717, 1.165) is 0 Å². The summed E-state index contributed by atoms with van der Waals surface area (Å²) < 4.78 is 29.6. The third-order valence-electron chi connectivity index (χ3n) is 3.31.